The first-order valence-electron chi connectivity index (χ1n) is 11.0. The van der Waals surface area contributed by atoms with Crippen molar-refractivity contribution in [1.29, 1.82) is 0 Å². The van der Waals surface area contributed by atoms with Crippen LogP contribution in [0.4, 0.5) is 20.4 Å². The summed E-state index contributed by atoms with van der Waals surface area (Å²) in [7, 11) is 0. The zero-order valence-electron chi connectivity index (χ0n) is 18.9. The highest BCUT2D eigenvalue weighted by atomic mass is 35.5. The minimum Gasteiger partial charge on any atom is -0.481 e. The van der Waals surface area contributed by atoms with Gasteiger partial charge in [-0.2, -0.15) is 5.10 Å². The number of anilines is 2. The first kappa shape index (κ1) is 24.1. The molecule has 1 fully saturated rings. The maximum atomic E-state index is 14.7. The molecule has 180 valence electrons. The lowest BCUT2D eigenvalue weighted by molar-refractivity contribution is -0.156. The Hall–Kier alpha value is -3.04. The third kappa shape index (κ3) is 4.90. The van der Waals surface area contributed by atoms with Gasteiger partial charge >= 0.3 is 5.97 Å². The zero-order chi connectivity index (χ0) is 24.5. The number of carboxylic acid groups (broad SMARTS) is 1. The van der Waals surface area contributed by atoms with Crippen molar-refractivity contribution < 1.29 is 18.7 Å². The van der Waals surface area contributed by atoms with E-state index < -0.39 is 23.0 Å². The van der Waals surface area contributed by atoms with Crippen LogP contribution in [-0.4, -0.2) is 44.2 Å². The smallest absolute Gasteiger partial charge is 0.310 e. The minimum atomic E-state index is -1.20. The van der Waals surface area contributed by atoms with Gasteiger partial charge in [-0.25, -0.2) is 13.8 Å². The van der Waals surface area contributed by atoms with Crippen LogP contribution in [0.25, 0.3) is 0 Å². The molecule has 1 aromatic carbocycles. The van der Waals surface area contributed by atoms with Crippen molar-refractivity contribution in [3.63, 3.8) is 0 Å². The second-order valence-corrected chi connectivity index (χ2v) is 9.33. The highest BCUT2D eigenvalue weighted by molar-refractivity contribution is 6.30. The lowest BCUT2D eigenvalue weighted by Crippen LogP contribution is -2.51. The average molecular weight is 490 g/mol. The summed E-state index contributed by atoms with van der Waals surface area (Å²) in [5.74, 6) is -1.42. The summed E-state index contributed by atoms with van der Waals surface area (Å²) in [5, 5.41) is 20.2. The molecule has 0 saturated carbocycles. The van der Waals surface area contributed by atoms with E-state index in [9.17, 15) is 18.7 Å². The number of H-pyrrole nitrogens is 1. The van der Waals surface area contributed by atoms with E-state index in [1.54, 1.807) is 18.2 Å². The van der Waals surface area contributed by atoms with Gasteiger partial charge in [0.05, 0.1) is 16.1 Å². The summed E-state index contributed by atoms with van der Waals surface area (Å²) in [6.07, 6.45) is 0.229. The summed E-state index contributed by atoms with van der Waals surface area (Å²) in [6.45, 7) is 4.86. The van der Waals surface area contributed by atoms with E-state index in [0.717, 1.165) is 5.69 Å². The number of rotatable bonds is 7. The third-order valence-electron chi connectivity index (χ3n) is 6.56. The molecule has 0 spiro atoms. The highest BCUT2D eigenvalue weighted by Gasteiger charge is 2.47. The standard InChI is InChI=1S/C24H26ClF2N5O2/c1-14-12-32(13-16-4-3-5-17(25)22(16)27)9-8-24(14,23(33)34)11-19-18(26)6-7-20(28-19)29-21-10-15(2)30-31-21/h3-7,10,14H,8-9,11-13H2,1-2H3,(H,33,34)(H2,28,29,30,31)/t14-,24-/m0/s1. The fraction of sp³-hybridized carbons (Fsp3) is 0.375. The Morgan fingerprint density at radius 1 is 1.32 bits per heavy atom. The summed E-state index contributed by atoms with van der Waals surface area (Å²) in [6, 6.07) is 9.40. The molecule has 34 heavy (non-hydrogen) atoms. The van der Waals surface area contributed by atoms with Crippen LogP contribution in [0.1, 0.15) is 30.3 Å². The molecular formula is C24H26ClF2N5O2. The molecule has 2 aromatic heterocycles. The third-order valence-corrected chi connectivity index (χ3v) is 6.86. The van der Waals surface area contributed by atoms with Crippen molar-refractivity contribution in [2.24, 2.45) is 11.3 Å². The predicted octanol–water partition coefficient (Wildman–Crippen LogP) is 4.94. The number of nitrogens with zero attached hydrogens (tertiary/aromatic N) is 3. The molecule has 3 heterocycles. The number of hydrogen-bond donors (Lipinski definition) is 3. The fourth-order valence-corrected chi connectivity index (χ4v) is 4.75. The van der Waals surface area contributed by atoms with Gasteiger partial charge in [-0.05, 0) is 44.0 Å². The molecule has 0 bridgehead atoms. The molecule has 0 unspecified atom stereocenters. The van der Waals surface area contributed by atoms with E-state index in [-0.39, 0.29) is 29.5 Å². The number of likely N-dealkylation sites (tertiary alicyclic amines) is 1. The van der Waals surface area contributed by atoms with Gasteiger partial charge in [-0.15, -0.1) is 0 Å². The van der Waals surface area contributed by atoms with E-state index in [0.29, 0.717) is 36.8 Å². The van der Waals surface area contributed by atoms with Gasteiger partial charge in [-0.1, -0.05) is 30.7 Å². The Bertz CT molecular complexity index is 1200. The summed E-state index contributed by atoms with van der Waals surface area (Å²) < 4.78 is 29.1. The molecular weight excluding hydrogens is 464 g/mol. The van der Waals surface area contributed by atoms with E-state index >= 15 is 0 Å². The molecule has 7 nitrogen and oxygen atoms in total. The molecule has 3 N–H and O–H groups in total. The number of benzene rings is 1. The van der Waals surface area contributed by atoms with Crippen molar-refractivity contribution in [2.45, 2.75) is 33.2 Å². The number of aromatic nitrogens is 3. The van der Waals surface area contributed by atoms with Gasteiger partial charge in [0.15, 0.2) is 5.82 Å². The van der Waals surface area contributed by atoms with Crippen molar-refractivity contribution in [1.82, 2.24) is 20.1 Å². The minimum absolute atomic E-state index is 0.0518. The number of halogens is 3. The van der Waals surface area contributed by atoms with Crippen LogP contribution in [-0.2, 0) is 17.8 Å². The quantitative estimate of drug-likeness (QED) is 0.435. The van der Waals surface area contributed by atoms with Crippen molar-refractivity contribution in [2.75, 3.05) is 18.4 Å². The van der Waals surface area contributed by atoms with Gasteiger partial charge in [0.25, 0.3) is 0 Å². The molecule has 1 aliphatic rings. The number of carboxylic acids is 1. The Labute approximate surface area is 201 Å². The summed E-state index contributed by atoms with van der Waals surface area (Å²) in [5.41, 5.74) is 0.204. The Balaban J connectivity index is 1.52. The molecule has 0 aliphatic carbocycles. The van der Waals surface area contributed by atoms with Crippen LogP contribution < -0.4 is 5.32 Å². The second-order valence-electron chi connectivity index (χ2n) is 8.92. The lowest BCUT2D eigenvalue weighted by atomic mass is 9.68. The van der Waals surface area contributed by atoms with E-state index in [1.807, 2.05) is 18.7 Å². The molecule has 1 aliphatic heterocycles. The summed E-state index contributed by atoms with van der Waals surface area (Å²) >= 11 is 5.89. The van der Waals surface area contributed by atoms with Crippen LogP contribution in [0.3, 0.4) is 0 Å². The molecule has 3 aromatic rings. The van der Waals surface area contributed by atoms with Crippen molar-refractivity contribution >= 4 is 29.2 Å². The molecule has 1 saturated heterocycles. The Kier molecular flexibility index (Phi) is 6.86. The monoisotopic (exact) mass is 489 g/mol. The van der Waals surface area contributed by atoms with Gasteiger partial charge in [0, 0.05) is 36.8 Å². The van der Waals surface area contributed by atoms with E-state index in [2.05, 4.69) is 20.5 Å². The topological polar surface area (TPSA) is 94.1 Å². The van der Waals surface area contributed by atoms with Crippen molar-refractivity contribution in [3.05, 3.63) is 70.0 Å². The van der Waals surface area contributed by atoms with Gasteiger partial charge in [0.2, 0.25) is 0 Å². The largest absolute Gasteiger partial charge is 0.481 e. The number of aliphatic carboxylic acids is 1. The number of nitrogens with one attached hydrogen (secondary N) is 2. The van der Waals surface area contributed by atoms with Crippen molar-refractivity contribution in [3.8, 4) is 0 Å². The van der Waals surface area contributed by atoms with Crippen LogP contribution in [0.2, 0.25) is 5.02 Å². The second kappa shape index (κ2) is 9.68. The lowest BCUT2D eigenvalue weighted by Gasteiger charge is -2.44. The van der Waals surface area contributed by atoms with Crippen LogP contribution in [0.15, 0.2) is 36.4 Å². The van der Waals surface area contributed by atoms with Gasteiger partial charge in [-0.3, -0.25) is 14.8 Å². The number of piperidine rings is 1. The highest BCUT2D eigenvalue weighted by Crippen LogP contribution is 2.41. The zero-order valence-corrected chi connectivity index (χ0v) is 19.7. The summed E-state index contributed by atoms with van der Waals surface area (Å²) in [4.78, 5) is 18.8. The average Bonchev–Trinajstić information content (AvgIpc) is 3.20. The molecule has 0 amide bonds. The maximum Gasteiger partial charge on any atom is 0.310 e. The molecule has 4 rings (SSSR count). The Morgan fingerprint density at radius 2 is 2.12 bits per heavy atom. The maximum absolute atomic E-state index is 14.7. The van der Waals surface area contributed by atoms with Gasteiger partial charge in [0.1, 0.15) is 17.5 Å². The molecule has 2 atom stereocenters. The molecule has 0 radical (unpaired) electrons. The first-order chi connectivity index (χ1) is 16.2. The normalized spacial score (nSPS) is 20.9. The number of aromatic amines is 1. The molecule has 10 heteroatoms. The number of aryl methyl sites for hydroxylation is 1. The van der Waals surface area contributed by atoms with Crippen LogP contribution in [0.5, 0.6) is 0 Å². The predicted molar refractivity (Wildman–Crippen MR) is 125 cm³/mol. The number of carbonyl (C=O) groups is 1. The number of pyridine rings is 1. The Morgan fingerprint density at radius 3 is 2.79 bits per heavy atom. The SMILES string of the molecule is Cc1cc(Nc2ccc(F)c(C[C@@]3(C(=O)O)CCN(Cc4cccc(Cl)c4F)C[C@@H]3C)n2)n[nH]1. The number of hydrogen-bond acceptors (Lipinski definition) is 5. The van der Waals surface area contributed by atoms with Gasteiger partial charge < -0.3 is 10.4 Å². The first-order valence-corrected chi connectivity index (χ1v) is 11.4. The van der Waals surface area contributed by atoms with Crippen LogP contribution in [0, 0.1) is 29.9 Å². The fourth-order valence-electron chi connectivity index (χ4n) is 4.56. The van der Waals surface area contributed by atoms with E-state index in [1.165, 1.54) is 18.2 Å². The van der Waals surface area contributed by atoms with Crippen LogP contribution >= 0.6 is 11.6 Å². The van der Waals surface area contributed by atoms with E-state index in [4.69, 9.17) is 11.6 Å².